The molecule has 0 aromatic heterocycles. The SMILES string of the molecule is CC1CN(Cc2ccc(N)cc2Br)CC1N(C)C. The van der Waals surface area contributed by atoms with E-state index in [0.717, 1.165) is 29.2 Å². The summed E-state index contributed by atoms with van der Waals surface area (Å²) in [6.45, 7) is 5.64. The lowest BCUT2D eigenvalue weighted by atomic mass is 10.1. The van der Waals surface area contributed by atoms with Crippen LogP contribution in [0.25, 0.3) is 0 Å². The highest BCUT2D eigenvalue weighted by Crippen LogP contribution is 2.25. The normalized spacial score (nSPS) is 24.9. The zero-order valence-corrected chi connectivity index (χ0v) is 12.9. The second kappa shape index (κ2) is 5.59. The van der Waals surface area contributed by atoms with Gasteiger partial charge in [-0.2, -0.15) is 0 Å². The minimum Gasteiger partial charge on any atom is -0.399 e. The molecule has 4 heteroatoms. The molecular formula is C14H22BrN3. The van der Waals surface area contributed by atoms with Crippen molar-refractivity contribution in [3.8, 4) is 0 Å². The summed E-state index contributed by atoms with van der Waals surface area (Å²) in [6.07, 6.45) is 0. The van der Waals surface area contributed by atoms with Crippen molar-refractivity contribution in [1.29, 1.82) is 0 Å². The molecule has 1 heterocycles. The van der Waals surface area contributed by atoms with Crippen LogP contribution in [0, 0.1) is 5.92 Å². The Morgan fingerprint density at radius 1 is 1.39 bits per heavy atom. The number of anilines is 1. The van der Waals surface area contributed by atoms with Crippen LogP contribution >= 0.6 is 15.9 Å². The van der Waals surface area contributed by atoms with Crippen LogP contribution in [0.15, 0.2) is 22.7 Å². The minimum atomic E-state index is 0.664. The molecule has 0 amide bonds. The van der Waals surface area contributed by atoms with Gasteiger partial charge in [-0.25, -0.2) is 0 Å². The van der Waals surface area contributed by atoms with Gasteiger partial charge in [0.05, 0.1) is 0 Å². The van der Waals surface area contributed by atoms with Crippen molar-refractivity contribution in [2.24, 2.45) is 5.92 Å². The predicted molar refractivity (Wildman–Crippen MR) is 80.5 cm³/mol. The molecule has 1 fully saturated rings. The summed E-state index contributed by atoms with van der Waals surface area (Å²) in [5.74, 6) is 0.729. The number of likely N-dealkylation sites (N-methyl/N-ethyl adjacent to an activating group) is 1. The third kappa shape index (κ3) is 3.05. The van der Waals surface area contributed by atoms with Crippen molar-refractivity contribution in [1.82, 2.24) is 9.80 Å². The molecule has 2 unspecified atom stereocenters. The van der Waals surface area contributed by atoms with E-state index in [1.165, 1.54) is 12.1 Å². The van der Waals surface area contributed by atoms with Crippen LogP contribution in [0.4, 0.5) is 5.69 Å². The lowest BCUT2D eigenvalue weighted by Gasteiger charge is -2.22. The second-order valence-electron chi connectivity index (χ2n) is 5.55. The zero-order valence-electron chi connectivity index (χ0n) is 11.4. The average Bonchev–Trinajstić information content (AvgIpc) is 2.64. The van der Waals surface area contributed by atoms with Gasteiger partial charge in [0.15, 0.2) is 0 Å². The van der Waals surface area contributed by atoms with Crippen LogP contribution in [0.1, 0.15) is 12.5 Å². The average molecular weight is 312 g/mol. The van der Waals surface area contributed by atoms with E-state index < -0.39 is 0 Å². The Balaban J connectivity index is 2.03. The van der Waals surface area contributed by atoms with Gasteiger partial charge in [0.25, 0.3) is 0 Å². The molecule has 1 aliphatic heterocycles. The first-order valence-electron chi connectivity index (χ1n) is 6.40. The third-order valence-electron chi connectivity index (χ3n) is 3.78. The predicted octanol–water partition coefficient (Wildman–Crippen LogP) is 2.41. The Hall–Kier alpha value is -0.580. The third-order valence-corrected chi connectivity index (χ3v) is 4.52. The van der Waals surface area contributed by atoms with Gasteiger partial charge in [-0.05, 0) is 37.7 Å². The fraction of sp³-hybridized carbons (Fsp3) is 0.571. The number of rotatable bonds is 3. The lowest BCUT2D eigenvalue weighted by molar-refractivity contribution is 0.250. The minimum absolute atomic E-state index is 0.664. The second-order valence-corrected chi connectivity index (χ2v) is 6.41. The molecule has 3 nitrogen and oxygen atoms in total. The summed E-state index contributed by atoms with van der Waals surface area (Å²) < 4.78 is 1.11. The van der Waals surface area contributed by atoms with Crippen LogP contribution in [0.2, 0.25) is 0 Å². The van der Waals surface area contributed by atoms with Crippen molar-refractivity contribution in [3.05, 3.63) is 28.2 Å². The van der Waals surface area contributed by atoms with Crippen molar-refractivity contribution in [2.75, 3.05) is 32.9 Å². The van der Waals surface area contributed by atoms with Gasteiger partial charge in [0.1, 0.15) is 0 Å². The molecular weight excluding hydrogens is 290 g/mol. The van der Waals surface area contributed by atoms with Gasteiger partial charge >= 0.3 is 0 Å². The molecule has 1 aromatic carbocycles. The van der Waals surface area contributed by atoms with Crippen LogP contribution in [0.5, 0.6) is 0 Å². The van der Waals surface area contributed by atoms with E-state index in [2.05, 4.69) is 52.8 Å². The van der Waals surface area contributed by atoms with E-state index in [1.807, 2.05) is 12.1 Å². The smallest absolute Gasteiger partial charge is 0.0325 e. The first kappa shape index (κ1) is 13.8. The molecule has 0 saturated carbocycles. The molecule has 18 heavy (non-hydrogen) atoms. The van der Waals surface area contributed by atoms with Crippen molar-refractivity contribution < 1.29 is 0 Å². The highest BCUT2D eigenvalue weighted by atomic mass is 79.9. The summed E-state index contributed by atoms with van der Waals surface area (Å²) in [4.78, 5) is 4.86. The van der Waals surface area contributed by atoms with Crippen molar-refractivity contribution >= 4 is 21.6 Å². The van der Waals surface area contributed by atoms with Gasteiger partial charge in [0.2, 0.25) is 0 Å². The number of nitrogen functional groups attached to an aromatic ring is 1. The molecule has 2 N–H and O–H groups in total. The maximum atomic E-state index is 5.77. The first-order chi connectivity index (χ1) is 8.47. The monoisotopic (exact) mass is 311 g/mol. The maximum Gasteiger partial charge on any atom is 0.0325 e. The summed E-state index contributed by atoms with van der Waals surface area (Å²) in [5, 5.41) is 0. The van der Waals surface area contributed by atoms with Crippen LogP contribution < -0.4 is 5.73 Å². The largest absolute Gasteiger partial charge is 0.399 e. The van der Waals surface area contributed by atoms with Gasteiger partial charge in [-0.15, -0.1) is 0 Å². The van der Waals surface area contributed by atoms with Crippen LogP contribution in [-0.2, 0) is 6.54 Å². The number of likely N-dealkylation sites (tertiary alicyclic amines) is 1. The van der Waals surface area contributed by atoms with E-state index in [1.54, 1.807) is 0 Å². The Labute approximate surface area is 118 Å². The first-order valence-corrected chi connectivity index (χ1v) is 7.19. The number of hydrogen-bond donors (Lipinski definition) is 1. The van der Waals surface area contributed by atoms with E-state index in [0.29, 0.717) is 6.04 Å². The maximum absolute atomic E-state index is 5.77. The molecule has 1 aromatic rings. The molecule has 0 radical (unpaired) electrons. The molecule has 0 spiro atoms. The van der Waals surface area contributed by atoms with Gasteiger partial charge in [-0.1, -0.05) is 28.9 Å². The quantitative estimate of drug-likeness (QED) is 0.870. The van der Waals surface area contributed by atoms with Gasteiger partial charge in [-0.3, -0.25) is 4.90 Å². The Morgan fingerprint density at radius 3 is 2.67 bits per heavy atom. The van der Waals surface area contributed by atoms with E-state index in [-0.39, 0.29) is 0 Å². The molecule has 1 saturated heterocycles. The summed E-state index contributed by atoms with van der Waals surface area (Å²) in [6, 6.07) is 6.74. The van der Waals surface area contributed by atoms with E-state index in [4.69, 9.17) is 5.73 Å². The highest BCUT2D eigenvalue weighted by molar-refractivity contribution is 9.10. The van der Waals surface area contributed by atoms with Crippen LogP contribution in [0.3, 0.4) is 0 Å². The van der Waals surface area contributed by atoms with Crippen molar-refractivity contribution in [2.45, 2.75) is 19.5 Å². The van der Waals surface area contributed by atoms with E-state index in [9.17, 15) is 0 Å². The molecule has 2 rings (SSSR count). The molecule has 0 bridgehead atoms. The standard InChI is InChI=1S/C14H22BrN3/c1-10-7-18(9-14(10)17(2)3)8-11-4-5-12(16)6-13(11)15/h4-6,10,14H,7-9,16H2,1-3H3. The Bertz CT molecular complexity index is 420. The number of halogens is 1. The number of benzene rings is 1. The molecule has 100 valence electrons. The lowest BCUT2D eigenvalue weighted by Crippen LogP contribution is -2.34. The fourth-order valence-corrected chi connectivity index (χ4v) is 3.30. The molecule has 1 aliphatic rings. The number of nitrogens with two attached hydrogens (primary N) is 1. The number of nitrogens with zero attached hydrogens (tertiary/aromatic N) is 2. The van der Waals surface area contributed by atoms with Gasteiger partial charge < -0.3 is 10.6 Å². The molecule has 2 atom stereocenters. The Morgan fingerprint density at radius 2 is 2.11 bits per heavy atom. The van der Waals surface area contributed by atoms with Gasteiger partial charge in [0, 0.05) is 35.8 Å². The fourth-order valence-electron chi connectivity index (χ4n) is 2.78. The van der Waals surface area contributed by atoms with Crippen molar-refractivity contribution in [3.63, 3.8) is 0 Å². The molecule has 0 aliphatic carbocycles. The highest BCUT2D eigenvalue weighted by Gasteiger charge is 2.30. The van der Waals surface area contributed by atoms with E-state index >= 15 is 0 Å². The summed E-state index contributed by atoms with van der Waals surface area (Å²) in [5.41, 5.74) is 7.90. The number of hydrogen-bond acceptors (Lipinski definition) is 3. The van der Waals surface area contributed by atoms with Crippen LogP contribution in [-0.4, -0.2) is 43.0 Å². The topological polar surface area (TPSA) is 32.5 Å². The Kier molecular flexibility index (Phi) is 4.30. The zero-order chi connectivity index (χ0) is 13.3. The summed E-state index contributed by atoms with van der Waals surface area (Å²) in [7, 11) is 4.34. The summed E-state index contributed by atoms with van der Waals surface area (Å²) >= 11 is 3.60.